The van der Waals surface area contributed by atoms with Gasteiger partial charge in [0.25, 0.3) is 32.1 Å². The Morgan fingerprint density at radius 2 is 1.32 bits per heavy atom. The molecule has 3 amide bonds. The molecule has 2 N–H and O–H groups in total. The quantitative estimate of drug-likeness (QED) is 0.0286. The van der Waals surface area contributed by atoms with Gasteiger partial charge in [-0.15, -0.1) is 0 Å². The highest BCUT2D eigenvalue weighted by Gasteiger charge is 2.48. The predicted octanol–water partition coefficient (Wildman–Crippen LogP) is 9.90. The van der Waals surface area contributed by atoms with Gasteiger partial charge in [-0.1, -0.05) is 64.9 Å². The molecule has 20 heteroatoms. The molecule has 4 atom stereocenters. The number of para-hydroxylation sites is 2. The van der Waals surface area contributed by atoms with Gasteiger partial charge in [-0.2, -0.15) is 16.8 Å². The van der Waals surface area contributed by atoms with Crippen molar-refractivity contribution in [3.05, 3.63) is 141 Å². The lowest BCUT2D eigenvalue weighted by molar-refractivity contribution is -0.119. The van der Waals surface area contributed by atoms with Crippen LogP contribution in [0.1, 0.15) is 113 Å². The number of benzene rings is 5. The van der Waals surface area contributed by atoms with E-state index < -0.39 is 49.2 Å². The van der Waals surface area contributed by atoms with Gasteiger partial charge in [0.1, 0.15) is 30.0 Å². The minimum Gasteiger partial charge on any atom is -0.493 e. The fourth-order valence-electron chi connectivity index (χ4n) is 11.1. The lowest BCUT2D eigenvalue weighted by Gasteiger charge is -2.28. The first-order valence-electron chi connectivity index (χ1n) is 26.1. The second kappa shape index (κ2) is 23.4. The summed E-state index contributed by atoms with van der Waals surface area (Å²) in [7, 11) is -2.55. The molecule has 0 saturated heterocycles. The van der Waals surface area contributed by atoms with Crippen molar-refractivity contribution >= 4 is 82.4 Å². The minimum atomic E-state index is -4.43. The van der Waals surface area contributed by atoms with Crippen LogP contribution in [0, 0.1) is 12.8 Å². The highest BCUT2D eigenvalue weighted by molar-refractivity contribution is 8.77. The maximum atomic E-state index is 14.5. The van der Waals surface area contributed by atoms with E-state index in [9.17, 15) is 40.6 Å². The number of methoxy groups -OCH3 is 1. The maximum absolute atomic E-state index is 14.5. The van der Waals surface area contributed by atoms with Gasteiger partial charge in [0.2, 0.25) is 5.91 Å². The Labute approximate surface area is 464 Å². The molecule has 0 bridgehead atoms. The van der Waals surface area contributed by atoms with Crippen molar-refractivity contribution in [1.82, 2.24) is 0 Å². The van der Waals surface area contributed by atoms with Crippen molar-refractivity contribution in [3.8, 4) is 17.2 Å². The molecule has 4 aliphatic heterocycles. The van der Waals surface area contributed by atoms with E-state index in [1.807, 2.05) is 68.4 Å². The van der Waals surface area contributed by atoms with Gasteiger partial charge in [-0.3, -0.25) is 27.9 Å². The van der Waals surface area contributed by atoms with Crippen LogP contribution >= 0.6 is 21.6 Å². The highest BCUT2D eigenvalue weighted by Crippen LogP contribution is 2.45. The number of rotatable bonds is 22. The van der Waals surface area contributed by atoms with Crippen molar-refractivity contribution in [2.45, 2.75) is 121 Å². The molecule has 78 heavy (non-hydrogen) atoms. The zero-order valence-electron chi connectivity index (χ0n) is 44.5. The number of anilines is 3. The molecule has 0 aromatic heterocycles. The first-order chi connectivity index (χ1) is 37.1. The number of nitrogens with one attached hydrogen (secondary N) is 1. The fraction of sp³-hybridized carbons (Fsp3) is 0.414. The fourth-order valence-corrected chi connectivity index (χ4v) is 15.9. The molecule has 0 fully saturated rings. The van der Waals surface area contributed by atoms with Crippen LogP contribution in [-0.2, 0) is 72.9 Å². The molecule has 0 radical (unpaired) electrons. The van der Waals surface area contributed by atoms with E-state index in [2.05, 4.69) is 19.2 Å². The van der Waals surface area contributed by atoms with Gasteiger partial charge in [0, 0.05) is 69.9 Å². The van der Waals surface area contributed by atoms with E-state index in [1.54, 1.807) is 67.8 Å². The van der Waals surface area contributed by atoms with Crippen LogP contribution in [0.3, 0.4) is 0 Å². The van der Waals surface area contributed by atoms with Crippen molar-refractivity contribution in [2.75, 3.05) is 40.8 Å². The van der Waals surface area contributed by atoms with Gasteiger partial charge in [-0.05, 0) is 153 Å². The molecule has 0 spiro atoms. The standard InChI is InChI=1S/C58H65N3O13S4/c1-7-44(62)15-12-20-75-76-58(3,4)19-18-55(63)59-43-23-36(32-73-51-28-41-30-54(78(69,70)72-6)50-27-39-14-9-11-17-48(39)61(50)56(64)45(41)21-35(51)2)22-37(24-43)33-74-53-29-40-25-42(34-77(66,67)68)49-26-38-13-8-10-16-47(38)60(49)57(65)46(40)31-52(53)71-5/h8-11,13-14,16-17,21-24,28-29,31,42,49-50,54H,7,12,15,18-20,25-27,30,32-34H2,1-6H3,(H,59,63)(H,66,67,68)/t42?,49-,50-,54?/m0/s1. The first kappa shape index (κ1) is 56.8. The third-order valence-corrected chi connectivity index (χ3v) is 21.0. The van der Waals surface area contributed by atoms with Crippen LogP contribution in [0.5, 0.6) is 17.2 Å². The normalized spacial score (nSPS) is 18.7. The molecular formula is C58H65N3O13S4. The zero-order valence-corrected chi connectivity index (χ0v) is 47.8. The summed E-state index contributed by atoms with van der Waals surface area (Å²) in [4.78, 5) is 57.6. The lowest BCUT2D eigenvalue weighted by atomic mass is 9.91. The number of hydrogen-bond acceptors (Lipinski definition) is 14. The maximum Gasteiger partial charge on any atom is 0.272 e. The molecule has 4 heterocycles. The van der Waals surface area contributed by atoms with Crippen LogP contribution < -0.4 is 29.3 Å². The second-order valence-electron chi connectivity index (χ2n) is 21.0. The SMILES string of the molecule is CCC(=O)CCCSSC(C)(C)CCC(=O)Nc1cc(COc2cc3c(cc2C)C(=O)N2c4ccccc4C[C@H]2C(S(=O)(=O)OC)C3)cc(COc2cc3c(cc2OC)C(=O)N2c4ccccc4C[C@H]2C(CS(=O)(=O)O)C3)c1. The smallest absolute Gasteiger partial charge is 0.272 e. The lowest BCUT2D eigenvalue weighted by Crippen LogP contribution is -2.47. The highest BCUT2D eigenvalue weighted by atomic mass is 33.1. The Kier molecular flexibility index (Phi) is 17.1. The molecule has 2 unspecified atom stereocenters. The summed E-state index contributed by atoms with van der Waals surface area (Å²) in [6, 6.07) is 25.9. The number of Topliss-reactive ketones (excluding diaryl/α,β-unsaturated/α-hetero) is 1. The second-order valence-corrected chi connectivity index (χ2v) is 27.6. The van der Waals surface area contributed by atoms with Crippen LogP contribution in [0.2, 0.25) is 0 Å². The molecule has 0 saturated carbocycles. The molecule has 4 aliphatic rings. The first-order valence-corrected chi connectivity index (χ1v) is 31.5. The Hall–Kier alpha value is -5.90. The van der Waals surface area contributed by atoms with Crippen molar-refractivity contribution in [3.63, 3.8) is 0 Å². The van der Waals surface area contributed by atoms with Gasteiger partial charge in [0.05, 0.1) is 26.0 Å². The molecule has 5 aromatic rings. The van der Waals surface area contributed by atoms with Crippen molar-refractivity contribution < 1.29 is 59.0 Å². The van der Waals surface area contributed by atoms with Crippen LogP contribution in [-0.4, -0.2) is 92.7 Å². The monoisotopic (exact) mass is 1140 g/mol. The van der Waals surface area contributed by atoms with Crippen LogP contribution in [0.15, 0.2) is 91.0 Å². The minimum absolute atomic E-state index is 0.00280. The number of carbonyl (C=O) groups is 4. The van der Waals surface area contributed by atoms with Gasteiger partial charge in [0.15, 0.2) is 11.5 Å². The van der Waals surface area contributed by atoms with Crippen molar-refractivity contribution in [1.29, 1.82) is 0 Å². The average molecular weight is 1140 g/mol. The number of aryl methyl sites for hydroxylation is 1. The predicted molar refractivity (Wildman–Crippen MR) is 304 cm³/mol. The van der Waals surface area contributed by atoms with E-state index in [0.717, 1.165) is 30.4 Å². The van der Waals surface area contributed by atoms with E-state index in [1.165, 1.54) is 7.11 Å². The van der Waals surface area contributed by atoms with E-state index in [-0.39, 0.29) is 72.2 Å². The number of fused-ring (bicyclic) bond motifs is 8. The Morgan fingerprint density at radius 3 is 1.95 bits per heavy atom. The van der Waals surface area contributed by atoms with E-state index in [0.29, 0.717) is 93.9 Å². The molecule has 9 rings (SSSR count). The largest absolute Gasteiger partial charge is 0.493 e. The summed E-state index contributed by atoms with van der Waals surface area (Å²) >= 11 is 0. The number of nitrogens with zero attached hydrogens (tertiary/aromatic N) is 2. The van der Waals surface area contributed by atoms with Crippen molar-refractivity contribution in [2.24, 2.45) is 5.92 Å². The average Bonchev–Trinajstić information content (AvgIpc) is 4.09. The molecular weight excluding hydrogens is 1070 g/mol. The van der Waals surface area contributed by atoms with E-state index in [4.69, 9.17) is 18.4 Å². The summed E-state index contributed by atoms with van der Waals surface area (Å²) in [5, 5.41) is 2.02. The zero-order chi connectivity index (χ0) is 55.7. The van der Waals surface area contributed by atoms with Gasteiger partial charge >= 0.3 is 0 Å². The molecule has 0 aliphatic carbocycles. The van der Waals surface area contributed by atoms with E-state index >= 15 is 0 Å². The third kappa shape index (κ3) is 12.6. The summed E-state index contributed by atoms with van der Waals surface area (Å²) in [5.41, 5.74) is 7.30. The van der Waals surface area contributed by atoms with Crippen LogP contribution in [0.4, 0.5) is 17.1 Å². The Balaban J connectivity index is 0.985. The van der Waals surface area contributed by atoms with Gasteiger partial charge in [-0.25, -0.2) is 0 Å². The number of carbonyl (C=O) groups excluding carboxylic acids is 4. The molecule has 414 valence electrons. The Bertz CT molecular complexity index is 3380. The van der Waals surface area contributed by atoms with Gasteiger partial charge < -0.3 is 29.3 Å². The number of amides is 3. The number of ether oxygens (including phenoxy) is 3. The summed E-state index contributed by atoms with van der Waals surface area (Å²) in [5.74, 6) is 0.0301. The number of ketones is 1. The van der Waals surface area contributed by atoms with Crippen LogP contribution in [0.25, 0.3) is 0 Å². The molecule has 5 aromatic carbocycles. The topological polar surface area (TPSA) is 212 Å². The summed E-state index contributed by atoms with van der Waals surface area (Å²) in [6.45, 7) is 7.82. The summed E-state index contributed by atoms with van der Waals surface area (Å²) < 4.78 is 85.9. The third-order valence-electron chi connectivity index (χ3n) is 15.1. The summed E-state index contributed by atoms with van der Waals surface area (Å²) in [6.07, 6.45) is 3.65. The Morgan fingerprint density at radius 1 is 0.731 bits per heavy atom. The molecule has 16 nitrogen and oxygen atoms in total. The number of hydrogen-bond donors (Lipinski definition) is 2.